The molecule has 0 unspecified atom stereocenters. The Morgan fingerprint density at radius 1 is 0.857 bits per heavy atom. The van der Waals surface area contributed by atoms with Gasteiger partial charge in [0.1, 0.15) is 5.82 Å². The number of rotatable bonds is 4. The molecular formula is C22H15N3O3. The van der Waals surface area contributed by atoms with E-state index >= 15 is 0 Å². The van der Waals surface area contributed by atoms with Crippen molar-refractivity contribution in [3.8, 4) is 5.69 Å². The van der Waals surface area contributed by atoms with Gasteiger partial charge in [0.15, 0.2) is 0 Å². The lowest BCUT2D eigenvalue weighted by Gasteiger charge is -2.11. The van der Waals surface area contributed by atoms with Crippen molar-refractivity contribution in [1.82, 2.24) is 9.55 Å². The van der Waals surface area contributed by atoms with Crippen LogP contribution in [0.25, 0.3) is 28.7 Å². The Bertz CT molecular complexity index is 1240. The fourth-order valence-electron chi connectivity index (χ4n) is 2.97. The summed E-state index contributed by atoms with van der Waals surface area (Å²) in [5, 5.41) is 11.3. The molecule has 6 nitrogen and oxygen atoms in total. The minimum Gasteiger partial charge on any atom is -0.268 e. The summed E-state index contributed by atoms with van der Waals surface area (Å²) in [7, 11) is 0. The first kappa shape index (κ1) is 17.4. The van der Waals surface area contributed by atoms with Crippen LogP contribution >= 0.6 is 0 Å². The first-order valence-corrected chi connectivity index (χ1v) is 8.63. The van der Waals surface area contributed by atoms with E-state index in [2.05, 4.69) is 4.98 Å². The number of hydrogen-bond acceptors (Lipinski definition) is 4. The summed E-state index contributed by atoms with van der Waals surface area (Å²) in [5.41, 5.74) is 1.98. The molecule has 0 bridgehead atoms. The maximum absolute atomic E-state index is 13.1. The van der Waals surface area contributed by atoms with Crippen molar-refractivity contribution in [2.24, 2.45) is 0 Å². The molecule has 4 aromatic rings. The SMILES string of the molecule is O=c1c2ccccc2nc(C=Cc2ccc([N+](=O)[O-])cc2)n1-c1ccccc1. The van der Waals surface area contributed by atoms with E-state index in [4.69, 9.17) is 0 Å². The van der Waals surface area contributed by atoms with E-state index < -0.39 is 4.92 Å². The Kier molecular flexibility index (Phi) is 4.51. The third-order valence-corrected chi connectivity index (χ3v) is 4.34. The van der Waals surface area contributed by atoms with Crippen molar-refractivity contribution in [1.29, 1.82) is 0 Å². The van der Waals surface area contributed by atoms with Crippen LogP contribution in [0.1, 0.15) is 11.4 Å². The van der Waals surface area contributed by atoms with Gasteiger partial charge >= 0.3 is 0 Å². The molecular weight excluding hydrogens is 354 g/mol. The lowest BCUT2D eigenvalue weighted by molar-refractivity contribution is -0.384. The molecule has 0 aliphatic rings. The van der Waals surface area contributed by atoms with Gasteiger partial charge in [0.2, 0.25) is 0 Å². The molecule has 0 spiro atoms. The third kappa shape index (κ3) is 3.31. The van der Waals surface area contributed by atoms with Gasteiger partial charge in [0.05, 0.1) is 21.5 Å². The van der Waals surface area contributed by atoms with E-state index in [0.29, 0.717) is 22.4 Å². The summed E-state index contributed by atoms with van der Waals surface area (Å²) in [6, 6.07) is 22.7. The molecule has 0 saturated heterocycles. The summed E-state index contributed by atoms with van der Waals surface area (Å²) in [5.74, 6) is 0.480. The van der Waals surface area contributed by atoms with Crippen molar-refractivity contribution in [2.75, 3.05) is 0 Å². The van der Waals surface area contributed by atoms with Gasteiger partial charge in [0.25, 0.3) is 11.2 Å². The second-order valence-electron chi connectivity index (χ2n) is 6.15. The second kappa shape index (κ2) is 7.28. The van der Waals surface area contributed by atoms with Gasteiger partial charge in [-0.05, 0) is 48.0 Å². The maximum Gasteiger partial charge on any atom is 0.269 e. The highest BCUT2D eigenvalue weighted by atomic mass is 16.6. The van der Waals surface area contributed by atoms with E-state index in [9.17, 15) is 14.9 Å². The lowest BCUT2D eigenvalue weighted by Crippen LogP contribution is -2.22. The highest BCUT2D eigenvalue weighted by molar-refractivity contribution is 5.80. The van der Waals surface area contributed by atoms with Gasteiger partial charge < -0.3 is 0 Å². The topological polar surface area (TPSA) is 78.0 Å². The van der Waals surface area contributed by atoms with E-state index in [1.807, 2.05) is 42.5 Å². The number of fused-ring (bicyclic) bond motifs is 1. The molecule has 6 heteroatoms. The molecule has 0 aliphatic carbocycles. The summed E-state index contributed by atoms with van der Waals surface area (Å²) in [4.78, 5) is 28.1. The Hall–Kier alpha value is -4.06. The van der Waals surface area contributed by atoms with Crippen molar-refractivity contribution >= 4 is 28.7 Å². The minimum absolute atomic E-state index is 0.0298. The lowest BCUT2D eigenvalue weighted by atomic mass is 10.2. The standard InChI is InChI=1S/C22H15N3O3/c26-22-19-8-4-5-9-20(19)23-21(24(22)17-6-2-1-3-7-17)15-12-16-10-13-18(14-11-16)25(27)28/h1-15H. The monoisotopic (exact) mass is 369 g/mol. The summed E-state index contributed by atoms with van der Waals surface area (Å²) in [6.07, 6.45) is 3.52. The molecule has 0 radical (unpaired) electrons. The highest BCUT2D eigenvalue weighted by Crippen LogP contribution is 2.17. The highest BCUT2D eigenvalue weighted by Gasteiger charge is 2.10. The Morgan fingerprint density at radius 2 is 1.54 bits per heavy atom. The fraction of sp³-hybridized carbons (Fsp3) is 0. The molecule has 0 amide bonds. The number of aromatic nitrogens is 2. The third-order valence-electron chi connectivity index (χ3n) is 4.34. The van der Waals surface area contributed by atoms with Gasteiger partial charge in [-0.3, -0.25) is 19.5 Å². The van der Waals surface area contributed by atoms with E-state index in [0.717, 1.165) is 5.56 Å². The van der Waals surface area contributed by atoms with Crippen LogP contribution in [-0.4, -0.2) is 14.5 Å². The molecule has 1 heterocycles. The van der Waals surface area contributed by atoms with Gasteiger partial charge in [-0.25, -0.2) is 4.98 Å². The average Bonchev–Trinajstić information content (AvgIpc) is 2.73. The largest absolute Gasteiger partial charge is 0.269 e. The zero-order valence-electron chi connectivity index (χ0n) is 14.7. The van der Waals surface area contributed by atoms with E-state index in [1.54, 1.807) is 41.0 Å². The minimum atomic E-state index is -0.439. The van der Waals surface area contributed by atoms with Crippen LogP contribution in [0.2, 0.25) is 0 Å². The predicted molar refractivity (Wildman–Crippen MR) is 109 cm³/mol. The Balaban J connectivity index is 1.85. The van der Waals surface area contributed by atoms with Crippen molar-refractivity contribution in [3.63, 3.8) is 0 Å². The predicted octanol–water partition coefficient (Wildman–Crippen LogP) is 4.46. The number of benzene rings is 3. The molecule has 3 aromatic carbocycles. The smallest absolute Gasteiger partial charge is 0.268 e. The number of para-hydroxylation sites is 2. The average molecular weight is 369 g/mol. The zero-order chi connectivity index (χ0) is 19.5. The molecule has 0 fully saturated rings. The first-order chi connectivity index (χ1) is 13.6. The van der Waals surface area contributed by atoms with Crippen LogP contribution < -0.4 is 5.56 Å². The fourth-order valence-corrected chi connectivity index (χ4v) is 2.97. The summed E-state index contributed by atoms with van der Waals surface area (Å²) in [6.45, 7) is 0. The normalized spacial score (nSPS) is 11.1. The molecule has 1 aromatic heterocycles. The van der Waals surface area contributed by atoms with Gasteiger partial charge in [0, 0.05) is 12.1 Å². The molecule has 4 rings (SSSR count). The van der Waals surface area contributed by atoms with Crippen molar-refractivity contribution in [2.45, 2.75) is 0 Å². The Labute approximate surface area is 160 Å². The molecule has 0 N–H and O–H groups in total. The zero-order valence-corrected chi connectivity index (χ0v) is 14.7. The Morgan fingerprint density at radius 3 is 2.25 bits per heavy atom. The number of non-ortho nitro benzene ring substituents is 1. The molecule has 0 saturated carbocycles. The van der Waals surface area contributed by atoms with Crippen LogP contribution in [0.15, 0.2) is 83.7 Å². The van der Waals surface area contributed by atoms with Crippen LogP contribution in [0, 0.1) is 10.1 Å². The van der Waals surface area contributed by atoms with E-state index in [1.165, 1.54) is 12.1 Å². The molecule has 28 heavy (non-hydrogen) atoms. The van der Waals surface area contributed by atoms with Crippen LogP contribution in [0.3, 0.4) is 0 Å². The summed E-state index contributed by atoms with van der Waals surface area (Å²) >= 11 is 0. The first-order valence-electron chi connectivity index (χ1n) is 8.63. The number of nitrogens with zero attached hydrogens (tertiary/aromatic N) is 3. The van der Waals surface area contributed by atoms with Crippen LogP contribution in [0.4, 0.5) is 5.69 Å². The quantitative estimate of drug-likeness (QED) is 0.393. The van der Waals surface area contributed by atoms with Crippen LogP contribution in [0.5, 0.6) is 0 Å². The van der Waals surface area contributed by atoms with Crippen molar-refractivity contribution < 1.29 is 4.92 Å². The van der Waals surface area contributed by atoms with Gasteiger partial charge in [-0.1, -0.05) is 36.4 Å². The summed E-state index contributed by atoms with van der Waals surface area (Å²) < 4.78 is 1.56. The van der Waals surface area contributed by atoms with Crippen LogP contribution in [-0.2, 0) is 0 Å². The number of hydrogen-bond donors (Lipinski definition) is 0. The molecule has 136 valence electrons. The molecule has 0 aliphatic heterocycles. The number of nitro benzene ring substituents is 1. The second-order valence-corrected chi connectivity index (χ2v) is 6.15. The van der Waals surface area contributed by atoms with E-state index in [-0.39, 0.29) is 11.2 Å². The number of nitro groups is 1. The molecule has 0 atom stereocenters. The van der Waals surface area contributed by atoms with Gasteiger partial charge in [-0.15, -0.1) is 0 Å². The van der Waals surface area contributed by atoms with Gasteiger partial charge in [-0.2, -0.15) is 0 Å². The van der Waals surface area contributed by atoms with Crippen molar-refractivity contribution in [3.05, 3.63) is 111 Å². The maximum atomic E-state index is 13.1.